The first-order chi connectivity index (χ1) is 9.06. The molecule has 0 saturated heterocycles. The Balaban J connectivity index is 1.79. The van der Waals surface area contributed by atoms with Crippen LogP contribution in [-0.2, 0) is 16.6 Å². The van der Waals surface area contributed by atoms with Gasteiger partial charge in [-0.15, -0.1) is 0 Å². The minimum absolute atomic E-state index is 0.0121. The molecule has 0 spiro atoms. The zero-order chi connectivity index (χ0) is 13.6. The lowest BCUT2D eigenvalue weighted by molar-refractivity contribution is -0.146. The van der Waals surface area contributed by atoms with Gasteiger partial charge in [0.1, 0.15) is 0 Å². The summed E-state index contributed by atoms with van der Waals surface area (Å²) in [4.78, 5) is 23.6. The topological polar surface area (TPSA) is 84.2 Å². The Hall–Kier alpha value is -2.11. The number of carbonyl (C=O) groups excluding carboxylic acids is 1. The zero-order valence-corrected chi connectivity index (χ0v) is 10.5. The summed E-state index contributed by atoms with van der Waals surface area (Å²) in [6.07, 6.45) is 6.38. The van der Waals surface area contributed by atoms with Crippen molar-refractivity contribution >= 4 is 17.7 Å². The third kappa shape index (κ3) is 1.93. The van der Waals surface area contributed by atoms with E-state index in [1.807, 2.05) is 12.2 Å². The van der Waals surface area contributed by atoms with Gasteiger partial charge in [-0.25, -0.2) is 0 Å². The van der Waals surface area contributed by atoms with Crippen molar-refractivity contribution in [1.29, 1.82) is 0 Å². The highest BCUT2D eigenvalue weighted by Crippen LogP contribution is 2.48. The molecule has 4 atom stereocenters. The monoisotopic (exact) mass is 261 g/mol. The number of carboxylic acid groups (broad SMARTS) is 1. The number of aryl methyl sites for hydroxylation is 1. The van der Waals surface area contributed by atoms with Crippen molar-refractivity contribution in [2.75, 3.05) is 5.32 Å². The maximum absolute atomic E-state index is 12.3. The molecular formula is C13H15N3O3. The van der Waals surface area contributed by atoms with E-state index in [1.54, 1.807) is 24.0 Å². The van der Waals surface area contributed by atoms with Gasteiger partial charge in [0.25, 0.3) is 0 Å². The van der Waals surface area contributed by atoms with Gasteiger partial charge >= 0.3 is 5.97 Å². The maximum atomic E-state index is 12.3. The van der Waals surface area contributed by atoms with Crippen LogP contribution in [0, 0.1) is 23.7 Å². The van der Waals surface area contributed by atoms with Gasteiger partial charge in [0, 0.05) is 19.3 Å². The predicted octanol–water partition coefficient (Wildman–Crippen LogP) is 0.881. The first-order valence-electron chi connectivity index (χ1n) is 6.28. The van der Waals surface area contributed by atoms with Crippen LogP contribution in [0.2, 0.25) is 0 Å². The quantitative estimate of drug-likeness (QED) is 0.791. The largest absolute Gasteiger partial charge is 0.481 e. The Morgan fingerprint density at radius 1 is 1.37 bits per heavy atom. The van der Waals surface area contributed by atoms with Gasteiger partial charge in [0.15, 0.2) is 5.82 Å². The fourth-order valence-corrected chi connectivity index (χ4v) is 3.21. The molecule has 0 radical (unpaired) electrons. The standard InChI is InChI=1S/C13H15N3O3/c1-16-5-4-9(15-16)14-12(17)10-7-2-3-8(6-7)11(10)13(18)19/h2-5,7-8,10-11H,6H2,1H3,(H,18,19)(H,14,15,17)/t7-,8-,10-,11-/m0/s1. The highest BCUT2D eigenvalue weighted by Gasteiger charge is 2.51. The Kier molecular flexibility index (Phi) is 2.66. The molecule has 3 rings (SSSR count). The van der Waals surface area contributed by atoms with Crippen LogP contribution < -0.4 is 5.32 Å². The number of fused-ring (bicyclic) bond motifs is 2. The molecule has 2 aliphatic carbocycles. The second-order valence-electron chi connectivity index (χ2n) is 5.20. The zero-order valence-electron chi connectivity index (χ0n) is 10.5. The van der Waals surface area contributed by atoms with E-state index in [-0.39, 0.29) is 17.7 Å². The molecule has 0 unspecified atom stereocenters. The van der Waals surface area contributed by atoms with Gasteiger partial charge in [0.05, 0.1) is 11.8 Å². The van der Waals surface area contributed by atoms with E-state index in [0.717, 1.165) is 6.42 Å². The van der Waals surface area contributed by atoms with Crippen molar-refractivity contribution in [3.8, 4) is 0 Å². The molecule has 19 heavy (non-hydrogen) atoms. The Labute approximate surface area is 110 Å². The fourth-order valence-electron chi connectivity index (χ4n) is 3.21. The number of carbonyl (C=O) groups is 2. The third-order valence-electron chi connectivity index (χ3n) is 4.01. The van der Waals surface area contributed by atoms with Crippen LogP contribution in [0.4, 0.5) is 5.82 Å². The van der Waals surface area contributed by atoms with Gasteiger partial charge < -0.3 is 10.4 Å². The van der Waals surface area contributed by atoms with Crippen molar-refractivity contribution in [2.45, 2.75) is 6.42 Å². The predicted molar refractivity (Wildman–Crippen MR) is 67.2 cm³/mol. The van der Waals surface area contributed by atoms with Crippen LogP contribution in [0.15, 0.2) is 24.4 Å². The average Bonchev–Trinajstić information content (AvgIpc) is 3.03. The number of amides is 1. The Morgan fingerprint density at radius 2 is 2.05 bits per heavy atom. The first-order valence-corrected chi connectivity index (χ1v) is 6.28. The van der Waals surface area contributed by atoms with E-state index in [4.69, 9.17) is 0 Å². The molecule has 2 N–H and O–H groups in total. The van der Waals surface area contributed by atoms with Crippen LogP contribution in [-0.4, -0.2) is 26.8 Å². The van der Waals surface area contributed by atoms with E-state index in [9.17, 15) is 14.7 Å². The van der Waals surface area contributed by atoms with Crippen molar-refractivity contribution < 1.29 is 14.7 Å². The summed E-state index contributed by atoms with van der Waals surface area (Å²) in [7, 11) is 1.76. The van der Waals surface area contributed by atoms with Crippen molar-refractivity contribution in [3.05, 3.63) is 24.4 Å². The number of hydrogen-bond donors (Lipinski definition) is 2. The molecule has 1 heterocycles. The minimum atomic E-state index is -0.891. The average molecular weight is 261 g/mol. The molecule has 6 nitrogen and oxygen atoms in total. The number of nitrogens with zero attached hydrogens (tertiary/aromatic N) is 2. The fraction of sp³-hybridized carbons (Fsp3) is 0.462. The second-order valence-corrected chi connectivity index (χ2v) is 5.20. The number of anilines is 1. The molecule has 1 aromatic heterocycles. The summed E-state index contributed by atoms with van der Waals surface area (Å²) in [5.74, 6) is -1.76. The number of carboxylic acids is 1. The summed E-state index contributed by atoms with van der Waals surface area (Å²) in [5, 5.41) is 16.1. The summed E-state index contributed by atoms with van der Waals surface area (Å²) in [5.41, 5.74) is 0. The summed E-state index contributed by atoms with van der Waals surface area (Å²) >= 11 is 0. The molecule has 1 aromatic rings. The Bertz CT molecular complexity index is 563. The highest BCUT2D eigenvalue weighted by atomic mass is 16.4. The van der Waals surface area contributed by atoms with Crippen molar-refractivity contribution in [3.63, 3.8) is 0 Å². The SMILES string of the molecule is Cn1ccc(NC(=O)[C@@H]2[C@@H](C(=O)O)[C@H]3C=C[C@H]2C3)n1. The summed E-state index contributed by atoms with van der Waals surface area (Å²) in [6, 6.07) is 1.69. The molecule has 6 heteroatoms. The smallest absolute Gasteiger partial charge is 0.307 e. The lowest BCUT2D eigenvalue weighted by Crippen LogP contribution is -2.36. The van der Waals surface area contributed by atoms with E-state index in [2.05, 4.69) is 10.4 Å². The lowest BCUT2D eigenvalue weighted by Gasteiger charge is -2.23. The number of hydrogen-bond acceptors (Lipinski definition) is 3. The first kappa shape index (κ1) is 12.0. The van der Waals surface area contributed by atoms with E-state index < -0.39 is 17.8 Å². The Morgan fingerprint density at radius 3 is 2.63 bits per heavy atom. The lowest BCUT2D eigenvalue weighted by atomic mass is 9.82. The van der Waals surface area contributed by atoms with E-state index >= 15 is 0 Å². The molecule has 0 aromatic carbocycles. The van der Waals surface area contributed by atoms with Crippen LogP contribution in [0.5, 0.6) is 0 Å². The molecule has 100 valence electrons. The number of allylic oxidation sites excluding steroid dienone is 2. The molecule has 0 aliphatic heterocycles. The van der Waals surface area contributed by atoms with E-state index in [0.29, 0.717) is 5.82 Å². The number of aromatic nitrogens is 2. The summed E-state index contributed by atoms with van der Waals surface area (Å²) in [6.45, 7) is 0. The molecular weight excluding hydrogens is 246 g/mol. The number of nitrogens with one attached hydrogen (secondary N) is 1. The maximum Gasteiger partial charge on any atom is 0.307 e. The van der Waals surface area contributed by atoms with Gasteiger partial charge in [0.2, 0.25) is 5.91 Å². The molecule has 2 bridgehead atoms. The second kappa shape index (κ2) is 4.22. The molecule has 2 aliphatic rings. The molecule has 1 saturated carbocycles. The number of rotatable bonds is 3. The number of aliphatic carboxylic acids is 1. The normalized spacial score (nSPS) is 31.6. The summed E-state index contributed by atoms with van der Waals surface area (Å²) < 4.78 is 1.59. The van der Waals surface area contributed by atoms with Crippen LogP contribution in [0.3, 0.4) is 0 Å². The van der Waals surface area contributed by atoms with Gasteiger partial charge in [-0.2, -0.15) is 5.10 Å². The minimum Gasteiger partial charge on any atom is -0.481 e. The van der Waals surface area contributed by atoms with E-state index in [1.165, 1.54) is 0 Å². The molecule has 1 fully saturated rings. The van der Waals surface area contributed by atoms with Gasteiger partial charge in [-0.3, -0.25) is 14.3 Å². The van der Waals surface area contributed by atoms with Gasteiger partial charge in [-0.1, -0.05) is 12.2 Å². The van der Waals surface area contributed by atoms with Crippen LogP contribution in [0.1, 0.15) is 6.42 Å². The van der Waals surface area contributed by atoms with Crippen molar-refractivity contribution in [2.24, 2.45) is 30.7 Å². The molecule has 1 amide bonds. The van der Waals surface area contributed by atoms with Crippen LogP contribution in [0.25, 0.3) is 0 Å². The van der Waals surface area contributed by atoms with Crippen LogP contribution >= 0.6 is 0 Å². The third-order valence-corrected chi connectivity index (χ3v) is 4.01. The van der Waals surface area contributed by atoms with Gasteiger partial charge in [-0.05, 0) is 18.3 Å². The highest BCUT2D eigenvalue weighted by molar-refractivity contribution is 5.95. The van der Waals surface area contributed by atoms with Crippen molar-refractivity contribution in [1.82, 2.24) is 9.78 Å².